The van der Waals surface area contributed by atoms with Gasteiger partial charge >= 0.3 is 0 Å². The molecule has 0 unspecified atom stereocenters. The lowest BCUT2D eigenvalue weighted by atomic mass is 10.0. The molecule has 0 spiro atoms. The second kappa shape index (κ2) is 7.66. The average Bonchev–Trinajstić information content (AvgIpc) is 2.61. The molecule has 2 aromatic carbocycles. The molecule has 25 heavy (non-hydrogen) atoms. The van der Waals surface area contributed by atoms with Gasteiger partial charge in [-0.3, -0.25) is 4.79 Å². The number of hydrogen-bond donors (Lipinski definition) is 1. The fourth-order valence-electron chi connectivity index (χ4n) is 3.08. The molecule has 1 N–H and O–H groups in total. The van der Waals surface area contributed by atoms with Crippen LogP contribution in [0.5, 0.6) is 11.5 Å². The van der Waals surface area contributed by atoms with Crippen LogP contribution in [-0.2, 0) is 11.2 Å². The first-order chi connectivity index (χ1) is 12.1. The molecule has 6 heteroatoms. The molecule has 0 saturated carbocycles. The maximum atomic E-state index is 12.5. The van der Waals surface area contributed by atoms with Crippen LogP contribution in [0.1, 0.15) is 12.0 Å². The zero-order valence-electron chi connectivity index (χ0n) is 14.3. The Labute approximate surface area is 152 Å². The molecule has 0 saturated heterocycles. The summed E-state index contributed by atoms with van der Waals surface area (Å²) in [7, 11) is 3.16. The average molecular weight is 361 g/mol. The number of hydrogen-bond acceptors (Lipinski definition) is 4. The van der Waals surface area contributed by atoms with Crippen molar-refractivity contribution in [2.45, 2.75) is 12.8 Å². The van der Waals surface area contributed by atoms with Crippen LogP contribution in [0, 0.1) is 0 Å². The fraction of sp³-hybridized carbons (Fsp3) is 0.316. The number of aryl methyl sites for hydroxylation is 1. The third-order valence-corrected chi connectivity index (χ3v) is 4.51. The molecule has 2 aromatic rings. The number of halogens is 1. The summed E-state index contributed by atoms with van der Waals surface area (Å²) < 4.78 is 10.5. The van der Waals surface area contributed by atoms with E-state index in [-0.39, 0.29) is 12.5 Å². The molecule has 132 valence electrons. The monoisotopic (exact) mass is 360 g/mol. The van der Waals surface area contributed by atoms with Gasteiger partial charge in [-0.2, -0.15) is 0 Å². The Morgan fingerprint density at radius 2 is 2.04 bits per heavy atom. The lowest BCUT2D eigenvalue weighted by Gasteiger charge is -2.31. The van der Waals surface area contributed by atoms with Crippen LogP contribution in [0.2, 0.25) is 5.02 Å². The maximum Gasteiger partial charge on any atom is 0.243 e. The molecule has 5 nitrogen and oxygen atoms in total. The van der Waals surface area contributed by atoms with Gasteiger partial charge in [0.15, 0.2) is 0 Å². The van der Waals surface area contributed by atoms with Gasteiger partial charge in [-0.1, -0.05) is 11.6 Å². The Hall–Kier alpha value is -2.40. The smallest absolute Gasteiger partial charge is 0.243 e. The summed E-state index contributed by atoms with van der Waals surface area (Å²) >= 11 is 6.08. The Morgan fingerprint density at radius 1 is 1.20 bits per heavy atom. The summed E-state index contributed by atoms with van der Waals surface area (Å²) in [5, 5.41) is 3.64. The van der Waals surface area contributed by atoms with Crippen LogP contribution in [0.25, 0.3) is 0 Å². The highest BCUT2D eigenvalue weighted by atomic mass is 35.5. The zero-order chi connectivity index (χ0) is 17.8. The second-order valence-corrected chi connectivity index (χ2v) is 6.35. The first-order valence-electron chi connectivity index (χ1n) is 8.16. The number of benzene rings is 2. The molecule has 0 bridgehead atoms. The number of nitrogens with one attached hydrogen (secondary N) is 1. The predicted molar refractivity (Wildman–Crippen MR) is 100 cm³/mol. The van der Waals surface area contributed by atoms with E-state index in [0.29, 0.717) is 17.2 Å². The molecule has 0 aromatic heterocycles. The van der Waals surface area contributed by atoms with E-state index in [1.54, 1.807) is 32.4 Å². The molecule has 0 radical (unpaired) electrons. The fourth-order valence-corrected chi connectivity index (χ4v) is 3.28. The van der Waals surface area contributed by atoms with Crippen molar-refractivity contribution in [2.24, 2.45) is 0 Å². The van der Waals surface area contributed by atoms with Crippen LogP contribution in [0.15, 0.2) is 36.4 Å². The highest BCUT2D eigenvalue weighted by molar-refractivity contribution is 6.30. The van der Waals surface area contributed by atoms with Gasteiger partial charge in [0, 0.05) is 23.3 Å². The number of anilines is 2. The van der Waals surface area contributed by atoms with Crippen LogP contribution in [-0.4, -0.2) is 33.2 Å². The van der Waals surface area contributed by atoms with Gasteiger partial charge in [0.05, 0.1) is 26.5 Å². The van der Waals surface area contributed by atoms with Crippen LogP contribution in [0.3, 0.4) is 0 Å². The van der Waals surface area contributed by atoms with E-state index in [1.807, 2.05) is 18.2 Å². The van der Waals surface area contributed by atoms with E-state index in [0.717, 1.165) is 30.1 Å². The molecule has 1 aliphatic heterocycles. The van der Waals surface area contributed by atoms with E-state index in [9.17, 15) is 4.79 Å². The summed E-state index contributed by atoms with van der Waals surface area (Å²) in [6.45, 7) is 1.12. The number of carbonyl (C=O) groups is 1. The number of fused-ring (bicyclic) bond motifs is 1. The molecule has 1 heterocycles. The van der Waals surface area contributed by atoms with E-state index < -0.39 is 0 Å². The second-order valence-electron chi connectivity index (χ2n) is 5.91. The van der Waals surface area contributed by atoms with Gasteiger partial charge in [-0.25, -0.2) is 0 Å². The molecular formula is C19H21ClN2O3. The zero-order valence-corrected chi connectivity index (χ0v) is 15.1. The number of nitrogens with zero attached hydrogens (tertiary/aromatic N) is 1. The van der Waals surface area contributed by atoms with Crippen molar-refractivity contribution >= 4 is 28.9 Å². The van der Waals surface area contributed by atoms with Gasteiger partial charge in [-0.15, -0.1) is 0 Å². The van der Waals surface area contributed by atoms with Crippen molar-refractivity contribution in [1.82, 2.24) is 0 Å². The lowest BCUT2D eigenvalue weighted by Crippen LogP contribution is -2.36. The number of ether oxygens (including phenoxy) is 2. The van der Waals surface area contributed by atoms with Gasteiger partial charge in [0.1, 0.15) is 11.5 Å². The molecule has 3 rings (SSSR count). The number of methoxy groups -OCH3 is 2. The van der Waals surface area contributed by atoms with Gasteiger partial charge in [0.25, 0.3) is 0 Å². The summed E-state index contributed by atoms with van der Waals surface area (Å²) in [5.41, 5.74) is 2.86. The van der Waals surface area contributed by atoms with Gasteiger partial charge in [0.2, 0.25) is 5.91 Å². The minimum Gasteiger partial charge on any atom is -0.497 e. The van der Waals surface area contributed by atoms with Crippen LogP contribution >= 0.6 is 11.6 Å². The summed E-state index contributed by atoms with van der Waals surface area (Å²) in [4.78, 5) is 14.6. The molecule has 0 fully saturated rings. The van der Waals surface area contributed by atoms with Crippen molar-refractivity contribution in [1.29, 1.82) is 0 Å². The van der Waals surface area contributed by atoms with Crippen LogP contribution < -0.4 is 19.7 Å². The van der Waals surface area contributed by atoms with Gasteiger partial charge in [-0.05, 0) is 48.7 Å². The van der Waals surface area contributed by atoms with E-state index in [4.69, 9.17) is 21.1 Å². The molecule has 1 amide bonds. The minimum atomic E-state index is -0.102. The van der Waals surface area contributed by atoms with Crippen LogP contribution in [0.4, 0.5) is 11.4 Å². The lowest BCUT2D eigenvalue weighted by molar-refractivity contribution is -0.115. The SMILES string of the molecule is COc1ccc(OC)c(NC(=O)CN2CCCc3cc(Cl)ccc32)c1. The largest absolute Gasteiger partial charge is 0.497 e. The molecule has 0 aliphatic carbocycles. The Bertz CT molecular complexity index is 779. The Morgan fingerprint density at radius 3 is 2.80 bits per heavy atom. The normalized spacial score (nSPS) is 13.2. The topological polar surface area (TPSA) is 50.8 Å². The van der Waals surface area contributed by atoms with E-state index >= 15 is 0 Å². The number of amides is 1. The number of rotatable bonds is 5. The molecular weight excluding hydrogens is 340 g/mol. The summed E-state index contributed by atoms with van der Waals surface area (Å²) in [6, 6.07) is 11.1. The standard InChI is InChI=1S/C19H21ClN2O3/c1-24-15-6-8-18(25-2)16(11-15)21-19(23)12-22-9-3-4-13-10-14(20)5-7-17(13)22/h5-8,10-11H,3-4,9,12H2,1-2H3,(H,21,23). The summed E-state index contributed by atoms with van der Waals surface area (Å²) in [5.74, 6) is 1.16. The van der Waals surface area contributed by atoms with Crippen molar-refractivity contribution in [3.05, 3.63) is 47.0 Å². The van der Waals surface area contributed by atoms with Gasteiger partial charge < -0.3 is 19.7 Å². The van der Waals surface area contributed by atoms with Crippen molar-refractivity contribution in [3.8, 4) is 11.5 Å². The number of carbonyl (C=O) groups excluding carboxylic acids is 1. The predicted octanol–water partition coefficient (Wildman–Crippen LogP) is 3.75. The van der Waals surface area contributed by atoms with Crippen molar-refractivity contribution < 1.29 is 14.3 Å². The summed E-state index contributed by atoms with van der Waals surface area (Å²) in [6.07, 6.45) is 1.99. The molecule has 0 atom stereocenters. The highest BCUT2D eigenvalue weighted by Gasteiger charge is 2.20. The maximum absolute atomic E-state index is 12.5. The highest BCUT2D eigenvalue weighted by Crippen LogP contribution is 2.31. The van der Waals surface area contributed by atoms with Crippen molar-refractivity contribution in [2.75, 3.05) is 37.5 Å². The third kappa shape index (κ3) is 3.99. The first kappa shape index (κ1) is 17.4. The van der Waals surface area contributed by atoms with E-state index in [1.165, 1.54) is 5.56 Å². The Balaban J connectivity index is 1.74. The third-order valence-electron chi connectivity index (χ3n) is 4.27. The van der Waals surface area contributed by atoms with E-state index in [2.05, 4.69) is 10.2 Å². The Kier molecular flexibility index (Phi) is 5.34. The molecule has 1 aliphatic rings. The minimum absolute atomic E-state index is 0.102. The quantitative estimate of drug-likeness (QED) is 0.882. The van der Waals surface area contributed by atoms with Crippen molar-refractivity contribution in [3.63, 3.8) is 0 Å². The first-order valence-corrected chi connectivity index (χ1v) is 8.54.